The highest BCUT2D eigenvalue weighted by molar-refractivity contribution is 5.98. The smallest absolute Gasteiger partial charge is 0.433 e. The number of fused-ring (bicyclic) bond motifs is 1. The van der Waals surface area contributed by atoms with Gasteiger partial charge >= 0.3 is 6.18 Å². The van der Waals surface area contributed by atoms with E-state index in [0.29, 0.717) is 5.56 Å². The number of alkyl halides is 3. The number of nitrogens with two attached hydrogens (primary N) is 1. The van der Waals surface area contributed by atoms with Gasteiger partial charge in [-0.15, -0.1) is 0 Å². The molecule has 2 amide bonds. The predicted molar refractivity (Wildman–Crippen MR) is 126 cm³/mol. The van der Waals surface area contributed by atoms with Crippen molar-refractivity contribution in [2.75, 3.05) is 13.7 Å². The molecule has 0 saturated carbocycles. The number of hydrogen-bond acceptors (Lipinski definition) is 7. The topological polar surface area (TPSA) is 132 Å². The molecule has 0 aliphatic rings. The van der Waals surface area contributed by atoms with Gasteiger partial charge in [0.05, 0.1) is 13.2 Å². The number of ether oxygens (including phenoxy) is 1. The lowest BCUT2D eigenvalue weighted by Gasteiger charge is -2.15. The molecule has 0 spiro atoms. The van der Waals surface area contributed by atoms with E-state index in [1.165, 1.54) is 19.2 Å². The minimum atomic E-state index is -4.64. The zero-order valence-electron chi connectivity index (χ0n) is 20.5. The minimum Gasteiger partial charge on any atom is -0.494 e. The fourth-order valence-electron chi connectivity index (χ4n) is 3.42. The van der Waals surface area contributed by atoms with E-state index in [-0.39, 0.29) is 52.4 Å². The van der Waals surface area contributed by atoms with E-state index in [2.05, 4.69) is 20.6 Å². The van der Waals surface area contributed by atoms with Gasteiger partial charge in [0, 0.05) is 29.5 Å². The largest absolute Gasteiger partial charge is 0.494 e. The molecule has 2 atom stereocenters. The Kier molecular flexibility index (Phi) is 7.87. The average molecular weight is 508 g/mol. The molecule has 194 valence electrons. The molecular formula is C24H28F3N5O4. The molecule has 0 aliphatic carbocycles. The van der Waals surface area contributed by atoms with Crippen molar-refractivity contribution in [3.63, 3.8) is 0 Å². The Balaban J connectivity index is 1.98. The van der Waals surface area contributed by atoms with Crippen LogP contribution in [0.1, 0.15) is 55.7 Å². The number of hydrogen-bond donors (Lipinski definition) is 3. The maximum atomic E-state index is 13.2. The number of rotatable bonds is 8. The molecule has 0 bridgehead atoms. The number of halogens is 3. The van der Waals surface area contributed by atoms with Gasteiger partial charge < -0.3 is 25.5 Å². The number of carbonyl (C=O) groups excluding carboxylic acids is 2. The molecule has 0 saturated heterocycles. The number of nitrogens with one attached hydrogen (secondary N) is 2. The van der Waals surface area contributed by atoms with Gasteiger partial charge in [0.1, 0.15) is 17.0 Å². The van der Waals surface area contributed by atoms with E-state index < -0.39 is 29.9 Å². The normalized spacial score (nSPS) is 13.5. The lowest BCUT2D eigenvalue weighted by Crippen LogP contribution is -2.43. The number of benzene rings is 1. The maximum Gasteiger partial charge on any atom is 0.433 e. The summed E-state index contributed by atoms with van der Waals surface area (Å²) in [6.07, 6.45) is -4.64. The number of carbonyl (C=O) groups is 2. The van der Waals surface area contributed by atoms with Gasteiger partial charge in [0.15, 0.2) is 11.5 Å². The van der Waals surface area contributed by atoms with E-state index in [1.54, 1.807) is 33.8 Å². The van der Waals surface area contributed by atoms with Crippen molar-refractivity contribution in [3.05, 3.63) is 41.4 Å². The van der Waals surface area contributed by atoms with Crippen LogP contribution in [0.3, 0.4) is 0 Å². The zero-order valence-corrected chi connectivity index (χ0v) is 20.5. The van der Waals surface area contributed by atoms with E-state index in [4.69, 9.17) is 14.9 Å². The average Bonchev–Trinajstić information content (AvgIpc) is 3.26. The first-order chi connectivity index (χ1) is 16.8. The molecule has 1 aromatic carbocycles. The van der Waals surface area contributed by atoms with Crippen molar-refractivity contribution in [3.8, 4) is 17.2 Å². The van der Waals surface area contributed by atoms with Crippen molar-refractivity contribution in [2.45, 2.75) is 46.0 Å². The van der Waals surface area contributed by atoms with Gasteiger partial charge in [-0.1, -0.05) is 13.8 Å². The molecule has 12 heteroatoms. The summed E-state index contributed by atoms with van der Waals surface area (Å²) in [7, 11) is 1.32. The van der Waals surface area contributed by atoms with Crippen LogP contribution in [0.4, 0.5) is 13.2 Å². The number of oxazole rings is 1. The summed E-state index contributed by atoms with van der Waals surface area (Å²) < 4.78 is 50.7. The molecule has 0 radical (unpaired) electrons. The van der Waals surface area contributed by atoms with Crippen LogP contribution in [0.5, 0.6) is 5.75 Å². The summed E-state index contributed by atoms with van der Waals surface area (Å²) >= 11 is 0. The van der Waals surface area contributed by atoms with E-state index >= 15 is 0 Å². The van der Waals surface area contributed by atoms with Crippen LogP contribution < -0.4 is 21.1 Å². The van der Waals surface area contributed by atoms with Gasteiger partial charge in [-0.2, -0.15) is 13.2 Å². The van der Waals surface area contributed by atoms with Gasteiger partial charge in [-0.25, -0.2) is 9.97 Å². The van der Waals surface area contributed by atoms with E-state index in [1.807, 2.05) is 0 Å². The SMILES string of the molecule is COc1ccc(-c2nc(C(=O)N[C@@H](C)CNC(=O)C(C)C)c([C@H](C)N)o2)c2ccc(C(F)(F)F)nc12. The summed E-state index contributed by atoms with van der Waals surface area (Å²) in [5.74, 6) is -0.693. The third-order valence-electron chi connectivity index (χ3n) is 5.33. The molecule has 2 aromatic heterocycles. The van der Waals surface area contributed by atoms with Crippen molar-refractivity contribution >= 4 is 22.7 Å². The maximum absolute atomic E-state index is 13.2. The molecular weight excluding hydrogens is 479 g/mol. The zero-order chi connectivity index (χ0) is 26.8. The van der Waals surface area contributed by atoms with Crippen molar-refractivity contribution < 1.29 is 31.9 Å². The lowest BCUT2D eigenvalue weighted by atomic mass is 10.1. The molecule has 0 unspecified atom stereocenters. The highest BCUT2D eigenvalue weighted by Gasteiger charge is 2.33. The number of methoxy groups -OCH3 is 1. The van der Waals surface area contributed by atoms with E-state index in [0.717, 1.165) is 6.07 Å². The Morgan fingerprint density at radius 3 is 2.39 bits per heavy atom. The Morgan fingerprint density at radius 2 is 1.81 bits per heavy atom. The number of aromatic nitrogens is 2. The highest BCUT2D eigenvalue weighted by atomic mass is 19.4. The summed E-state index contributed by atoms with van der Waals surface area (Å²) in [6, 6.07) is 3.97. The molecule has 36 heavy (non-hydrogen) atoms. The van der Waals surface area contributed by atoms with Crippen LogP contribution in [0, 0.1) is 5.92 Å². The minimum absolute atomic E-state index is 0.0116. The van der Waals surface area contributed by atoms with Crippen LogP contribution in [0.2, 0.25) is 0 Å². The summed E-state index contributed by atoms with van der Waals surface area (Å²) in [4.78, 5) is 32.8. The Hall–Kier alpha value is -3.67. The fourth-order valence-corrected chi connectivity index (χ4v) is 3.42. The summed E-state index contributed by atoms with van der Waals surface area (Å²) in [6.45, 7) is 7.04. The van der Waals surface area contributed by atoms with Crippen molar-refractivity contribution in [2.24, 2.45) is 11.7 Å². The monoisotopic (exact) mass is 507 g/mol. The van der Waals surface area contributed by atoms with Gasteiger partial charge in [-0.05, 0) is 38.1 Å². The van der Waals surface area contributed by atoms with Crippen LogP contribution in [-0.4, -0.2) is 41.5 Å². The standard InChI is InChI=1S/C24H28F3N5O4/c1-11(2)21(33)29-10-12(3)30-22(34)19-20(13(4)28)36-23(32-19)15-6-8-16(35-5)18-14(15)7-9-17(31-18)24(25,26)27/h6-9,11-13H,10,28H2,1-5H3,(H,29,33)(H,30,34)/t12-,13-/m0/s1. The molecule has 2 heterocycles. The molecule has 4 N–H and O–H groups in total. The Labute approximate surface area is 205 Å². The second-order valence-corrected chi connectivity index (χ2v) is 8.70. The molecule has 3 rings (SSSR count). The van der Waals surface area contributed by atoms with Gasteiger partial charge in [0.2, 0.25) is 11.8 Å². The number of amides is 2. The second-order valence-electron chi connectivity index (χ2n) is 8.70. The third-order valence-corrected chi connectivity index (χ3v) is 5.33. The van der Waals surface area contributed by atoms with E-state index in [9.17, 15) is 22.8 Å². The summed E-state index contributed by atoms with van der Waals surface area (Å²) in [5, 5.41) is 5.76. The fraction of sp³-hybridized carbons (Fsp3) is 0.417. The number of pyridine rings is 1. The molecule has 3 aromatic rings. The molecule has 0 fully saturated rings. The van der Waals surface area contributed by atoms with Crippen molar-refractivity contribution in [1.29, 1.82) is 0 Å². The second kappa shape index (κ2) is 10.5. The van der Waals surface area contributed by atoms with Crippen molar-refractivity contribution in [1.82, 2.24) is 20.6 Å². The van der Waals surface area contributed by atoms with Gasteiger partial charge in [-0.3, -0.25) is 9.59 Å². The highest BCUT2D eigenvalue weighted by Crippen LogP contribution is 2.37. The van der Waals surface area contributed by atoms with Crippen LogP contribution in [0.25, 0.3) is 22.4 Å². The first-order valence-electron chi connectivity index (χ1n) is 11.2. The van der Waals surface area contributed by atoms with Gasteiger partial charge in [0.25, 0.3) is 5.91 Å². The third kappa shape index (κ3) is 5.76. The first kappa shape index (κ1) is 26.9. The molecule has 0 aliphatic heterocycles. The van der Waals surface area contributed by atoms with Crippen LogP contribution >= 0.6 is 0 Å². The number of nitrogens with zero attached hydrogens (tertiary/aromatic N) is 2. The molecule has 9 nitrogen and oxygen atoms in total. The van der Waals surface area contributed by atoms with Crippen LogP contribution in [-0.2, 0) is 11.0 Å². The quantitative estimate of drug-likeness (QED) is 0.422. The lowest BCUT2D eigenvalue weighted by molar-refractivity contribution is -0.141. The summed E-state index contributed by atoms with van der Waals surface area (Å²) in [5.41, 5.74) is 5.14. The predicted octanol–water partition coefficient (Wildman–Crippen LogP) is 3.83. The van der Waals surface area contributed by atoms with Crippen LogP contribution in [0.15, 0.2) is 28.7 Å². The Bertz CT molecular complexity index is 1270. The Morgan fingerprint density at radius 1 is 1.11 bits per heavy atom. The first-order valence-corrected chi connectivity index (χ1v) is 11.2.